The Kier molecular flexibility index (Phi) is 8.25. The van der Waals surface area contributed by atoms with E-state index in [1.165, 1.54) is 12.8 Å². The summed E-state index contributed by atoms with van der Waals surface area (Å²) < 4.78 is 0. The quantitative estimate of drug-likeness (QED) is 0.298. The Labute approximate surface area is 127 Å². The van der Waals surface area contributed by atoms with E-state index in [9.17, 15) is 9.90 Å². The van der Waals surface area contributed by atoms with Crippen LogP contribution in [0.2, 0.25) is 6.32 Å². The highest BCUT2D eigenvalue weighted by Gasteiger charge is 2.33. The second kappa shape index (κ2) is 9.40. The van der Waals surface area contributed by atoms with E-state index in [1.807, 2.05) is 0 Å². The molecule has 0 spiro atoms. The molecule has 0 radical (unpaired) electrons. The molecule has 1 rings (SSSR count). The van der Waals surface area contributed by atoms with Crippen LogP contribution in [0.3, 0.4) is 0 Å². The molecule has 6 N–H and O–H groups in total. The van der Waals surface area contributed by atoms with Crippen molar-refractivity contribution < 1.29 is 19.9 Å². The van der Waals surface area contributed by atoms with Crippen LogP contribution in [-0.2, 0) is 4.79 Å². The summed E-state index contributed by atoms with van der Waals surface area (Å²) in [5.74, 6) is -0.258. The fourth-order valence-electron chi connectivity index (χ4n) is 2.98. The van der Waals surface area contributed by atoms with E-state index in [-0.39, 0.29) is 6.32 Å². The summed E-state index contributed by atoms with van der Waals surface area (Å²) in [6.07, 6.45) is 6.56. The zero-order valence-electron chi connectivity index (χ0n) is 12.8. The molecule has 6 nitrogen and oxygen atoms in total. The maximum atomic E-state index is 11.4. The van der Waals surface area contributed by atoms with Gasteiger partial charge in [-0.05, 0) is 51.0 Å². The SMILES string of the molecule is NC(CCCCB(O)O)(CCCC1CCNCC1)C(=O)O. The number of rotatable bonds is 10. The Morgan fingerprint density at radius 1 is 1.19 bits per heavy atom. The van der Waals surface area contributed by atoms with Crippen molar-refractivity contribution in [2.75, 3.05) is 13.1 Å². The van der Waals surface area contributed by atoms with Crippen molar-refractivity contribution >= 4 is 13.1 Å². The molecular formula is C14H29BN2O4. The zero-order valence-corrected chi connectivity index (χ0v) is 12.8. The first-order valence-electron chi connectivity index (χ1n) is 8.03. The minimum absolute atomic E-state index is 0.269. The summed E-state index contributed by atoms with van der Waals surface area (Å²) in [4.78, 5) is 11.4. The number of unbranched alkanes of at least 4 members (excludes halogenated alkanes) is 1. The Morgan fingerprint density at radius 3 is 2.38 bits per heavy atom. The van der Waals surface area contributed by atoms with Crippen molar-refractivity contribution in [3.05, 3.63) is 0 Å². The van der Waals surface area contributed by atoms with Gasteiger partial charge in [-0.15, -0.1) is 0 Å². The van der Waals surface area contributed by atoms with Crippen LogP contribution in [0, 0.1) is 5.92 Å². The third kappa shape index (κ3) is 7.26. The number of aliphatic carboxylic acids is 1. The van der Waals surface area contributed by atoms with Gasteiger partial charge in [0.25, 0.3) is 0 Å². The van der Waals surface area contributed by atoms with Crippen molar-refractivity contribution in [3.63, 3.8) is 0 Å². The topological polar surface area (TPSA) is 116 Å². The highest BCUT2D eigenvalue weighted by atomic mass is 16.4. The molecule has 0 aliphatic carbocycles. The maximum absolute atomic E-state index is 11.4. The van der Waals surface area contributed by atoms with Crippen LogP contribution in [0.25, 0.3) is 0 Å². The maximum Gasteiger partial charge on any atom is 0.451 e. The van der Waals surface area contributed by atoms with E-state index in [0.717, 1.165) is 25.9 Å². The lowest BCUT2D eigenvalue weighted by Gasteiger charge is -2.27. The number of carboxylic acids is 1. The molecule has 0 saturated carbocycles. The average Bonchev–Trinajstić information content (AvgIpc) is 2.44. The number of piperidine rings is 1. The molecular weight excluding hydrogens is 271 g/mol. The zero-order chi connectivity index (χ0) is 15.7. The van der Waals surface area contributed by atoms with Gasteiger partial charge in [0, 0.05) is 0 Å². The van der Waals surface area contributed by atoms with E-state index < -0.39 is 18.6 Å². The summed E-state index contributed by atoms with van der Waals surface area (Å²) in [7, 11) is -1.32. The lowest BCUT2D eigenvalue weighted by atomic mass is 9.80. The van der Waals surface area contributed by atoms with Gasteiger partial charge in [0.2, 0.25) is 0 Å². The molecule has 0 aromatic rings. The van der Waals surface area contributed by atoms with Gasteiger partial charge in [0.05, 0.1) is 0 Å². The Bertz CT molecular complexity index is 311. The molecule has 1 aliphatic heterocycles. The van der Waals surface area contributed by atoms with Gasteiger partial charge >= 0.3 is 13.1 Å². The normalized spacial score (nSPS) is 19.2. The molecule has 1 saturated heterocycles. The highest BCUT2D eigenvalue weighted by Crippen LogP contribution is 2.24. The number of carbonyl (C=O) groups is 1. The number of carboxylic acid groups (broad SMARTS) is 1. The van der Waals surface area contributed by atoms with Crippen molar-refractivity contribution in [3.8, 4) is 0 Å². The molecule has 0 amide bonds. The van der Waals surface area contributed by atoms with Gasteiger partial charge < -0.3 is 26.2 Å². The Balaban J connectivity index is 2.28. The molecule has 1 heterocycles. The summed E-state index contributed by atoms with van der Waals surface area (Å²) >= 11 is 0. The minimum Gasteiger partial charge on any atom is -0.480 e. The van der Waals surface area contributed by atoms with E-state index in [0.29, 0.717) is 31.6 Å². The second-order valence-electron chi connectivity index (χ2n) is 6.27. The van der Waals surface area contributed by atoms with Crippen LogP contribution < -0.4 is 11.1 Å². The Hall–Kier alpha value is -0.625. The molecule has 1 atom stereocenters. The van der Waals surface area contributed by atoms with Crippen molar-refractivity contribution in [1.29, 1.82) is 0 Å². The molecule has 0 aromatic carbocycles. The number of hydrogen-bond donors (Lipinski definition) is 5. The third-order valence-corrected chi connectivity index (χ3v) is 4.46. The first-order valence-corrected chi connectivity index (χ1v) is 8.03. The smallest absolute Gasteiger partial charge is 0.451 e. The molecule has 0 aromatic heterocycles. The Morgan fingerprint density at radius 2 is 1.81 bits per heavy atom. The molecule has 1 fully saturated rings. The third-order valence-electron chi connectivity index (χ3n) is 4.46. The lowest BCUT2D eigenvalue weighted by Crippen LogP contribution is -2.48. The summed E-state index contributed by atoms with van der Waals surface area (Å²) in [6, 6.07) is 0. The fourth-order valence-corrected chi connectivity index (χ4v) is 2.98. The van der Waals surface area contributed by atoms with E-state index in [2.05, 4.69) is 5.32 Å². The summed E-state index contributed by atoms with van der Waals surface area (Å²) in [5.41, 5.74) is 4.86. The van der Waals surface area contributed by atoms with Gasteiger partial charge in [-0.2, -0.15) is 0 Å². The fraction of sp³-hybridized carbons (Fsp3) is 0.929. The van der Waals surface area contributed by atoms with Crippen LogP contribution >= 0.6 is 0 Å². The van der Waals surface area contributed by atoms with E-state index in [1.54, 1.807) is 0 Å². The lowest BCUT2D eigenvalue weighted by molar-refractivity contribution is -0.144. The van der Waals surface area contributed by atoms with Crippen LogP contribution in [0.4, 0.5) is 0 Å². The van der Waals surface area contributed by atoms with Crippen molar-refractivity contribution in [2.45, 2.75) is 63.2 Å². The molecule has 7 heteroatoms. The monoisotopic (exact) mass is 300 g/mol. The van der Waals surface area contributed by atoms with Crippen LogP contribution in [-0.4, -0.2) is 46.9 Å². The predicted molar refractivity (Wildman–Crippen MR) is 82.8 cm³/mol. The van der Waals surface area contributed by atoms with Gasteiger partial charge in [-0.3, -0.25) is 4.79 Å². The van der Waals surface area contributed by atoms with Crippen LogP contribution in [0.5, 0.6) is 0 Å². The summed E-state index contributed by atoms with van der Waals surface area (Å²) in [5, 5.41) is 30.2. The van der Waals surface area contributed by atoms with E-state index >= 15 is 0 Å². The average molecular weight is 300 g/mol. The first-order chi connectivity index (χ1) is 9.94. The number of nitrogens with one attached hydrogen (secondary N) is 1. The molecule has 0 bridgehead atoms. The standard InChI is InChI=1S/C14H29BN2O4/c16-14(13(18)19,7-1-2-9-15(20)21)8-3-4-12-5-10-17-11-6-12/h12,17,20-21H,1-11,16H2,(H,18,19). The number of nitrogens with two attached hydrogens (primary N) is 1. The molecule has 122 valence electrons. The predicted octanol–water partition coefficient (Wildman–Crippen LogP) is 0.581. The largest absolute Gasteiger partial charge is 0.480 e. The highest BCUT2D eigenvalue weighted by molar-refractivity contribution is 6.40. The van der Waals surface area contributed by atoms with Gasteiger partial charge in [-0.25, -0.2) is 0 Å². The number of hydrogen-bond acceptors (Lipinski definition) is 5. The molecule has 1 unspecified atom stereocenters. The van der Waals surface area contributed by atoms with Crippen LogP contribution in [0.1, 0.15) is 51.4 Å². The molecule has 21 heavy (non-hydrogen) atoms. The first kappa shape index (κ1) is 18.4. The summed E-state index contributed by atoms with van der Waals surface area (Å²) in [6.45, 7) is 2.11. The van der Waals surface area contributed by atoms with Gasteiger partial charge in [0.1, 0.15) is 5.54 Å². The van der Waals surface area contributed by atoms with Crippen LogP contribution in [0.15, 0.2) is 0 Å². The minimum atomic E-state index is -1.32. The molecule has 1 aliphatic rings. The van der Waals surface area contributed by atoms with Gasteiger partial charge in [0.15, 0.2) is 0 Å². The second-order valence-corrected chi connectivity index (χ2v) is 6.27. The van der Waals surface area contributed by atoms with Crippen molar-refractivity contribution in [2.24, 2.45) is 11.7 Å². The van der Waals surface area contributed by atoms with Crippen molar-refractivity contribution in [1.82, 2.24) is 5.32 Å². The van der Waals surface area contributed by atoms with E-state index in [4.69, 9.17) is 15.8 Å². The van der Waals surface area contributed by atoms with Gasteiger partial charge in [-0.1, -0.05) is 25.7 Å².